The molecule has 0 aliphatic heterocycles. The number of hydrogen-bond acceptors (Lipinski definition) is 6. The van der Waals surface area contributed by atoms with Gasteiger partial charge in [-0.25, -0.2) is 15.0 Å². The van der Waals surface area contributed by atoms with Crippen LogP contribution in [0.3, 0.4) is 0 Å². The second-order valence-electron chi connectivity index (χ2n) is 6.17. The molecule has 0 unspecified atom stereocenters. The Bertz CT molecular complexity index is 1240. The van der Waals surface area contributed by atoms with E-state index in [9.17, 15) is 10.3 Å². The van der Waals surface area contributed by atoms with E-state index in [1.54, 1.807) is 36.5 Å². The monoisotopic (exact) mass is 478 g/mol. The molecule has 0 aliphatic rings. The van der Waals surface area contributed by atoms with Crippen molar-refractivity contribution in [2.45, 2.75) is 5.16 Å². The van der Waals surface area contributed by atoms with Crippen LogP contribution in [0.25, 0.3) is 34.0 Å². The molecule has 10 heteroatoms. The Labute approximate surface area is 191 Å². The third-order valence-electron chi connectivity index (χ3n) is 4.26. The van der Waals surface area contributed by atoms with Gasteiger partial charge in [0.25, 0.3) is 0 Å². The van der Waals surface area contributed by atoms with Crippen LogP contribution in [0.2, 0.25) is 15.1 Å². The molecule has 4 rings (SSSR count). The number of rotatable bonds is 4. The fourth-order valence-corrected chi connectivity index (χ4v) is 4.18. The van der Waals surface area contributed by atoms with Crippen molar-refractivity contribution in [1.29, 1.82) is 0 Å². The van der Waals surface area contributed by atoms with Crippen molar-refractivity contribution in [3.05, 3.63) is 63.7 Å². The molecular formula is C20H13Cl3N4O2S. The summed E-state index contributed by atoms with van der Waals surface area (Å²) in [5.41, 5.74) is 2.15. The molecule has 0 fully saturated rings. The van der Waals surface area contributed by atoms with Crippen molar-refractivity contribution >= 4 is 46.6 Å². The molecule has 2 heterocycles. The highest BCUT2D eigenvalue weighted by Gasteiger charge is 2.25. The minimum absolute atomic E-state index is 0.0966. The summed E-state index contributed by atoms with van der Waals surface area (Å²) in [6.07, 6.45) is 3.48. The molecule has 152 valence electrons. The molecular weight excluding hydrogens is 467 g/mol. The van der Waals surface area contributed by atoms with Gasteiger partial charge in [0.15, 0.2) is 11.0 Å². The quantitative estimate of drug-likeness (QED) is 0.203. The van der Waals surface area contributed by atoms with Crippen LogP contribution >= 0.6 is 46.6 Å². The van der Waals surface area contributed by atoms with E-state index >= 15 is 0 Å². The average Bonchev–Trinajstić information content (AvgIpc) is 3.04. The number of halogens is 3. The van der Waals surface area contributed by atoms with E-state index in [4.69, 9.17) is 34.8 Å². The third-order valence-corrected chi connectivity index (χ3v) is 5.65. The van der Waals surface area contributed by atoms with Gasteiger partial charge in [-0.05, 0) is 36.6 Å². The van der Waals surface area contributed by atoms with Crippen LogP contribution in [-0.2, 0) is 0 Å². The molecule has 30 heavy (non-hydrogen) atoms. The Morgan fingerprint density at radius 1 is 1.00 bits per heavy atom. The minimum atomic E-state index is -0.0968. The van der Waals surface area contributed by atoms with E-state index in [1.165, 1.54) is 23.9 Å². The zero-order chi connectivity index (χ0) is 21.4. The summed E-state index contributed by atoms with van der Waals surface area (Å²) in [5.74, 6) is -0.000198. The summed E-state index contributed by atoms with van der Waals surface area (Å²) in [6.45, 7) is 0. The molecule has 0 aliphatic carbocycles. The van der Waals surface area contributed by atoms with Gasteiger partial charge in [0.05, 0.1) is 21.3 Å². The first kappa shape index (κ1) is 20.8. The molecule has 0 saturated carbocycles. The lowest BCUT2D eigenvalue weighted by Gasteiger charge is -2.09. The second kappa shape index (κ2) is 8.35. The minimum Gasteiger partial charge on any atom is -0.508 e. The highest BCUT2D eigenvalue weighted by atomic mass is 35.5. The number of phenolic OH excluding ortho intramolecular Hbond substituents is 1. The van der Waals surface area contributed by atoms with E-state index in [-0.39, 0.29) is 27.2 Å². The molecule has 0 spiro atoms. The molecule has 2 aromatic carbocycles. The van der Waals surface area contributed by atoms with Crippen molar-refractivity contribution in [1.82, 2.24) is 19.7 Å². The Morgan fingerprint density at radius 3 is 2.40 bits per heavy atom. The first-order chi connectivity index (χ1) is 14.4. The van der Waals surface area contributed by atoms with Gasteiger partial charge in [0, 0.05) is 16.8 Å². The highest BCUT2D eigenvalue weighted by molar-refractivity contribution is 7.98. The number of nitrogens with zero attached hydrogens (tertiary/aromatic N) is 4. The van der Waals surface area contributed by atoms with Gasteiger partial charge in [0.1, 0.15) is 17.1 Å². The zero-order valence-corrected chi connectivity index (χ0v) is 18.4. The first-order valence-corrected chi connectivity index (χ1v) is 10.9. The molecule has 2 aromatic heterocycles. The fourth-order valence-electron chi connectivity index (χ4n) is 2.99. The van der Waals surface area contributed by atoms with Gasteiger partial charge in [0.2, 0.25) is 0 Å². The van der Waals surface area contributed by atoms with Gasteiger partial charge in [-0.15, -0.1) is 0 Å². The van der Waals surface area contributed by atoms with Gasteiger partial charge in [-0.3, -0.25) is 0 Å². The van der Waals surface area contributed by atoms with Crippen LogP contribution < -0.4 is 0 Å². The largest absolute Gasteiger partial charge is 0.508 e. The van der Waals surface area contributed by atoms with E-state index in [1.807, 2.05) is 6.26 Å². The highest BCUT2D eigenvalue weighted by Crippen LogP contribution is 2.41. The number of thioether (sulfide) groups is 1. The van der Waals surface area contributed by atoms with Crippen LogP contribution in [0.1, 0.15) is 0 Å². The van der Waals surface area contributed by atoms with Crippen molar-refractivity contribution in [2.24, 2.45) is 0 Å². The van der Waals surface area contributed by atoms with Crippen molar-refractivity contribution in [3.8, 4) is 39.8 Å². The summed E-state index contributed by atoms with van der Waals surface area (Å²) < 4.78 is 0.895. The Hall–Kier alpha value is -2.45. The summed E-state index contributed by atoms with van der Waals surface area (Å²) in [4.78, 5) is 13.3. The van der Waals surface area contributed by atoms with Gasteiger partial charge in [-0.2, -0.15) is 4.73 Å². The summed E-state index contributed by atoms with van der Waals surface area (Å²) >= 11 is 20.2. The molecule has 0 bridgehead atoms. The summed E-state index contributed by atoms with van der Waals surface area (Å²) in [5, 5.41) is 22.2. The number of benzene rings is 2. The number of aromatic hydroxyl groups is 1. The molecule has 2 N–H and O–H groups in total. The Balaban J connectivity index is 2.03. The molecule has 0 amide bonds. The number of imidazole rings is 1. The standard InChI is InChI=1S/C20H13Cl3N4O2S/c1-30-20-24-6-5-15(25-20)17-18(10-3-2-4-11(21)7-10)27(29)19(26-17)16-13(22)8-12(28)9-14(16)23/h2-9,28-29H,1H3. The van der Waals surface area contributed by atoms with Gasteiger partial charge >= 0.3 is 0 Å². The van der Waals surface area contributed by atoms with Gasteiger partial charge in [-0.1, -0.05) is 58.7 Å². The van der Waals surface area contributed by atoms with Crippen molar-refractivity contribution < 1.29 is 10.3 Å². The maximum absolute atomic E-state index is 11.1. The topological polar surface area (TPSA) is 84.1 Å². The Morgan fingerprint density at radius 2 is 1.73 bits per heavy atom. The first-order valence-electron chi connectivity index (χ1n) is 8.52. The SMILES string of the molecule is CSc1nccc(-c2nc(-c3c(Cl)cc(O)cc3Cl)n(O)c2-c2cccc(Cl)c2)n1. The van der Waals surface area contributed by atoms with Crippen LogP contribution in [0.15, 0.2) is 53.8 Å². The second-order valence-corrected chi connectivity index (χ2v) is 8.19. The Kier molecular flexibility index (Phi) is 5.79. The molecule has 6 nitrogen and oxygen atoms in total. The van der Waals surface area contributed by atoms with Crippen LogP contribution in [0.4, 0.5) is 0 Å². The molecule has 0 radical (unpaired) electrons. The number of phenols is 1. The van der Waals surface area contributed by atoms with Crippen LogP contribution in [0.5, 0.6) is 5.75 Å². The van der Waals surface area contributed by atoms with E-state index in [2.05, 4.69) is 15.0 Å². The fraction of sp³-hybridized carbons (Fsp3) is 0.0500. The lowest BCUT2D eigenvalue weighted by molar-refractivity contribution is 0.195. The lowest BCUT2D eigenvalue weighted by atomic mass is 10.1. The maximum Gasteiger partial charge on any atom is 0.187 e. The number of aromatic nitrogens is 4. The maximum atomic E-state index is 11.1. The summed E-state index contributed by atoms with van der Waals surface area (Å²) in [6, 6.07) is 11.3. The number of hydrogen-bond donors (Lipinski definition) is 2. The average molecular weight is 480 g/mol. The van der Waals surface area contributed by atoms with E-state index in [0.29, 0.717) is 32.8 Å². The van der Waals surface area contributed by atoms with Gasteiger partial charge < -0.3 is 10.3 Å². The molecule has 0 saturated heterocycles. The molecule has 4 aromatic rings. The molecule has 0 atom stereocenters. The van der Waals surface area contributed by atoms with E-state index in [0.717, 1.165) is 4.73 Å². The normalized spacial score (nSPS) is 11.1. The summed E-state index contributed by atoms with van der Waals surface area (Å²) in [7, 11) is 0. The predicted molar refractivity (Wildman–Crippen MR) is 120 cm³/mol. The zero-order valence-electron chi connectivity index (χ0n) is 15.3. The lowest BCUT2D eigenvalue weighted by Crippen LogP contribution is -1.98. The van der Waals surface area contributed by atoms with Crippen molar-refractivity contribution in [2.75, 3.05) is 6.26 Å². The van der Waals surface area contributed by atoms with Crippen molar-refractivity contribution in [3.63, 3.8) is 0 Å². The van der Waals surface area contributed by atoms with Crippen LogP contribution in [0, 0.1) is 0 Å². The van der Waals surface area contributed by atoms with E-state index < -0.39 is 0 Å². The third kappa shape index (κ3) is 3.81. The smallest absolute Gasteiger partial charge is 0.187 e. The predicted octanol–water partition coefficient (Wildman–Crippen LogP) is 6.30. The van der Waals surface area contributed by atoms with Crippen LogP contribution in [-0.4, -0.2) is 36.3 Å².